The summed E-state index contributed by atoms with van der Waals surface area (Å²) in [5, 5.41) is 9.81. The third kappa shape index (κ3) is 7.00. The second-order valence-corrected chi connectivity index (χ2v) is 5.69. The smallest absolute Gasteiger partial charge is 0.317 e. The zero-order valence-electron chi connectivity index (χ0n) is 12.2. The second-order valence-electron chi connectivity index (χ2n) is 4.87. The Balaban J connectivity index is 2.50. The number of aliphatic carboxylic acids is 1. The maximum atomic E-state index is 10.9. The molecule has 1 aromatic carbocycles. The lowest BCUT2D eigenvalue weighted by molar-refractivity contribution is -0.138. The topological polar surface area (TPSA) is 53.0 Å². The van der Waals surface area contributed by atoms with Gasteiger partial charge in [-0.25, -0.2) is 0 Å². The number of carboxylic acids is 1. The number of likely N-dealkylation sites (N-methyl/N-ethyl adjacent to an activating group) is 1. The molecule has 0 fully saturated rings. The first kappa shape index (κ1) is 18.0. The maximum absolute atomic E-state index is 10.9. The highest BCUT2D eigenvalue weighted by molar-refractivity contribution is 6.37. The van der Waals surface area contributed by atoms with Gasteiger partial charge in [-0.1, -0.05) is 29.3 Å². The molecule has 0 saturated carbocycles. The summed E-state index contributed by atoms with van der Waals surface area (Å²) in [5.41, 5.74) is 0. The minimum atomic E-state index is -0.857. The van der Waals surface area contributed by atoms with Crippen molar-refractivity contribution in [2.45, 2.75) is 0 Å². The van der Waals surface area contributed by atoms with Gasteiger partial charge in [0.05, 0.1) is 16.6 Å². The predicted octanol–water partition coefficient (Wildman–Crippen LogP) is 2.32. The number of rotatable bonds is 9. The molecule has 7 heteroatoms. The fraction of sp³-hybridized carbons (Fsp3) is 0.500. The van der Waals surface area contributed by atoms with Crippen LogP contribution in [0.5, 0.6) is 5.75 Å². The second kappa shape index (κ2) is 9.10. The van der Waals surface area contributed by atoms with E-state index in [4.69, 9.17) is 33.0 Å². The van der Waals surface area contributed by atoms with Gasteiger partial charge in [-0.15, -0.1) is 0 Å². The maximum Gasteiger partial charge on any atom is 0.317 e. The third-order valence-electron chi connectivity index (χ3n) is 2.80. The van der Waals surface area contributed by atoms with Crippen molar-refractivity contribution >= 4 is 29.2 Å². The molecule has 0 aliphatic heterocycles. The molecule has 0 atom stereocenters. The molecule has 0 aromatic heterocycles. The Morgan fingerprint density at radius 3 is 2.33 bits per heavy atom. The van der Waals surface area contributed by atoms with Crippen LogP contribution >= 0.6 is 23.2 Å². The minimum absolute atomic E-state index is 0.0204. The van der Waals surface area contributed by atoms with Crippen molar-refractivity contribution < 1.29 is 14.6 Å². The number of halogens is 2. The van der Waals surface area contributed by atoms with Gasteiger partial charge in [0.1, 0.15) is 6.61 Å². The van der Waals surface area contributed by atoms with E-state index in [1.165, 1.54) is 0 Å². The lowest BCUT2D eigenvalue weighted by atomic mass is 10.3. The standard InChI is InChI=1S/C14H20Cl2N2O3/c1-17(2)6-7-18(10-13(19)20)8-9-21-14-11(15)4-3-5-12(14)16/h3-5H,6-10H2,1-2H3,(H,19,20). The fourth-order valence-corrected chi connectivity index (χ4v) is 2.21. The molecule has 5 nitrogen and oxygen atoms in total. The van der Waals surface area contributed by atoms with Crippen molar-refractivity contribution in [1.29, 1.82) is 0 Å². The van der Waals surface area contributed by atoms with Crippen LogP contribution in [0.15, 0.2) is 18.2 Å². The van der Waals surface area contributed by atoms with E-state index >= 15 is 0 Å². The van der Waals surface area contributed by atoms with Crippen molar-refractivity contribution in [2.75, 3.05) is 46.9 Å². The summed E-state index contributed by atoms with van der Waals surface area (Å²) >= 11 is 12.0. The molecule has 1 N–H and O–H groups in total. The predicted molar refractivity (Wildman–Crippen MR) is 84.6 cm³/mol. The van der Waals surface area contributed by atoms with Gasteiger partial charge in [0.15, 0.2) is 5.75 Å². The molecule has 0 saturated heterocycles. The monoisotopic (exact) mass is 334 g/mol. The third-order valence-corrected chi connectivity index (χ3v) is 3.39. The van der Waals surface area contributed by atoms with Crippen LogP contribution in [0.3, 0.4) is 0 Å². The van der Waals surface area contributed by atoms with E-state index in [1.807, 2.05) is 23.9 Å². The minimum Gasteiger partial charge on any atom is -0.489 e. The molecule has 1 aromatic rings. The molecule has 1 rings (SSSR count). The number of nitrogens with zero attached hydrogens (tertiary/aromatic N) is 2. The highest BCUT2D eigenvalue weighted by atomic mass is 35.5. The Bertz CT molecular complexity index is 449. The molecular formula is C14H20Cl2N2O3. The summed E-state index contributed by atoms with van der Waals surface area (Å²) in [6.07, 6.45) is 0. The first-order valence-corrected chi connectivity index (χ1v) is 7.31. The van der Waals surface area contributed by atoms with Gasteiger partial charge in [0.25, 0.3) is 0 Å². The first-order chi connectivity index (χ1) is 9.90. The molecular weight excluding hydrogens is 315 g/mol. The largest absolute Gasteiger partial charge is 0.489 e. The zero-order valence-corrected chi connectivity index (χ0v) is 13.7. The lowest BCUT2D eigenvalue weighted by Crippen LogP contribution is -2.38. The number of hydrogen-bond acceptors (Lipinski definition) is 4. The molecule has 21 heavy (non-hydrogen) atoms. The van der Waals surface area contributed by atoms with Crippen molar-refractivity contribution in [1.82, 2.24) is 9.80 Å². The van der Waals surface area contributed by atoms with Gasteiger partial charge >= 0.3 is 5.97 Å². The van der Waals surface area contributed by atoms with Crippen LogP contribution in [0, 0.1) is 0 Å². The Hall–Kier alpha value is -1.01. The molecule has 118 valence electrons. The number of carboxylic acid groups (broad SMARTS) is 1. The quantitative estimate of drug-likeness (QED) is 0.751. The average Bonchev–Trinajstić information content (AvgIpc) is 2.38. The Morgan fingerprint density at radius 2 is 1.81 bits per heavy atom. The summed E-state index contributed by atoms with van der Waals surface area (Å²) in [6.45, 7) is 2.22. The Labute approximate surface area is 135 Å². The van der Waals surface area contributed by atoms with Gasteiger partial charge in [0.2, 0.25) is 0 Å². The van der Waals surface area contributed by atoms with Crippen LogP contribution in [0.2, 0.25) is 10.0 Å². The summed E-state index contributed by atoms with van der Waals surface area (Å²) in [6, 6.07) is 5.14. The van der Waals surface area contributed by atoms with Crippen LogP contribution in [0.25, 0.3) is 0 Å². The Kier molecular flexibility index (Phi) is 7.82. The van der Waals surface area contributed by atoms with Crippen molar-refractivity contribution in [3.8, 4) is 5.75 Å². The van der Waals surface area contributed by atoms with Gasteiger partial charge in [0, 0.05) is 19.6 Å². The number of benzene rings is 1. The van der Waals surface area contributed by atoms with Gasteiger partial charge in [-0.2, -0.15) is 0 Å². The van der Waals surface area contributed by atoms with Crippen LogP contribution < -0.4 is 4.74 Å². The fourth-order valence-electron chi connectivity index (χ4n) is 1.70. The normalized spacial score (nSPS) is 11.1. The summed E-state index contributed by atoms with van der Waals surface area (Å²) in [5.74, 6) is -0.423. The van der Waals surface area contributed by atoms with E-state index in [0.717, 1.165) is 6.54 Å². The average molecular weight is 335 g/mol. The first-order valence-electron chi connectivity index (χ1n) is 6.56. The van der Waals surface area contributed by atoms with E-state index in [1.54, 1.807) is 18.2 Å². The van der Waals surface area contributed by atoms with Crippen LogP contribution in [0.1, 0.15) is 0 Å². The molecule has 0 unspecified atom stereocenters. The van der Waals surface area contributed by atoms with Crippen LogP contribution in [-0.2, 0) is 4.79 Å². The van der Waals surface area contributed by atoms with Gasteiger partial charge < -0.3 is 14.7 Å². The van der Waals surface area contributed by atoms with Gasteiger partial charge in [-0.05, 0) is 26.2 Å². The highest BCUT2D eigenvalue weighted by Gasteiger charge is 2.11. The molecule has 0 radical (unpaired) electrons. The van der Waals surface area contributed by atoms with Gasteiger partial charge in [-0.3, -0.25) is 9.69 Å². The van der Waals surface area contributed by atoms with Crippen molar-refractivity contribution in [3.63, 3.8) is 0 Å². The molecule has 0 spiro atoms. The van der Waals surface area contributed by atoms with E-state index < -0.39 is 5.97 Å². The van der Waals surface area contributed by atoms with E-state index in [2.05, 4.69) is 0 Å². The summed E-state index contributed by atoms with van der Waals surface area (Å²) < 4.78 is 5.57. The van der Waals surface area contributed by atoms with Crippen molar-refractivity contribution in [2.24, 2.45) is 0 Å². The summed E-state index contributed by atoms with van der Waals surface area (Å²) in [4.78, 5) is 14.7. The Morgan fingerprint density at radius 1 is 1.19 bits per heavy atom. The number of carbonyl (C=O) groups is 1. The number of hydrogen-bond donors (Lipinski definition) is 1. The molecule has 0 aliphatic carbocycles. The number of para-hydroxylation sites is 1. The SMILES string of the molecule is CN(C)CCN(CCOc1c(Cl)cccc1Cl)CC(=O)O. The van der Waals surface area contributed by atoms with E-state index in [-0.39, 0.29) is 6.54 Å². The lowest BCUT2D eigenvalue weighted by Gasteiger charge is -2.22. The van der Waals surface area contributed by atoms with Crippen molar-refractivity contribution in [3.05, 3.63) is 28.2 Å². The molecule has 0 aliphatic rings. The summed E-state index contributed by atoms with van der Waals surface area (Å²) in [7, 11) is 3.89. The molecule has 0 amide bonds. The zero-order chi connectivity index (χ0) is 15.8. The van der Waals surface area contributed by atoms with E-state index in [9.17, 15) is 4.79 Å². The van der Waals surface area contributed by atoms with Crippen LogP contribution in [0.4, 0.5) is 0 Å². The van der Waals surface area contributed by atoms with E-state index in [0.29, 0.717) is 35.5 Å². The molecule has 0 bridgehead atoms. The highest BCUT2D eigenvalue weighted by Crippen LogP contribution is 2.32. The molecule has 0 heterocycles. The number of ether oxygens (including phenoxy) is 1. The van der Waals surface area contributed by atoms with Crippen LogP contribution in [-0.4, -0.2) is 67.8 Å².